The molecule has 4 N–H and O–H groups in total. The molecule has 2 amide bonds. The summed E-state index contributed by atoms with van der Waals surface area (Å²) in [5, 5.41) is 22.6. The van der Waals surface area contributed by atoms with Crippen LogP contribution in [0.3, 0.4) is 0 Å². The molecule has 28 heavy (non-hydrogen) atoms. The Morgan fingerprint density at radius 1 is 1.36 bits per heavy atom. The third-order valence-electron chi connectivity index (χ3n) is 3.48. The van der Waals surface area contributed by atoms with Gasteiger partial charge in [0, 0.05) is 18.7 Å². The summed E-state index contributed by atoms with van der Waals surface area (Å²) in [5.41, 5.74) is -0.610. The van der Waals surface area contributed by atoms with Gasteiger partial charge in [0.1, 0.15) is 23.2 Å². The number of anilines is 1. The Morgan fingerprint density at radius 3 is 2.71 bits per heavy atom. The van der Waals surface area contributed by atoms with Gasteiger partial charge in [-0.2, -0.15) is 4.37 Å². The fourth-order valence-electron chi connectivity index (χ4n) is 1.95. The molecule has 1 aromatic heterocycles. The van der Waals surface area contributed by atoms with Gasteiger partial charge in [-0.1, -0.05) is 18.5 Å². The average Bonchev–Trinajstić information content (AvgIpc) is 3.04. The van der Waals surface area contributed by atoms with Gasteiger partial charge in [0.25, 0.3) is 0 Å². The Morgan fingerprint density at radius 2 is 2.07 bits per heavy atom. The largest absolute Gasteiger partial charge is 0.477 e. The molecular weight excluding hydrogens is 420 g/mol. The molecular formula is C16H16ClF2N3O5S. The topological polar surface area (TPSA) is 121 Å². The van der Waals surface area contributed by atoms with Gasteiger partial charge >= 0.3 is 12.0 Å². The van der Waals surface area contributed by atoms with Crippen molar-refractivity contribution in [2.24, 2.45) is 5.92 Å². The van der Waals surface area contributed by atoms with Crippen molar-refractivity contribution in [3.8, 4) is 5.88 Å². The maximum atomic E-state index is 13.8. The van der Waals surface area contributed by atoms with Crippen LogP contribution in [0.1, 0.15) is 22.8 Å². The molecule has 2 rings (SSSR count). The van der Waals surface area contributed by atoms with E-state index >= 15 is 0 Å². The molecule has 1 heterocycles. The van der Waals surface area contributed by atoms with Crippen LogP contribution in [-0.4, -0.2) is 39.7 Å². The number of urea groups is 1. The SMILES string of the molecule is CC(CO)CNC(=O)Nc1snc(OCc2cc(F)c(Cl)cc2F)c1C(=O)O. The second kappa shape index (κ2) is 9.62. The number of aliphatic hydroxyl groups excluding tert-OH is 1. The number of benzene rings is 1. The van der Waals surface area contributed by atoms with E-state index < -0.39 is 40.8 Å². The van der Waals surface area contributed by atoms with E-state index in [-0.39, 0.29) is 35.5 Å². The summed E-state index contributed by atoms with van der Waals surface area (Å²) in [4.78, 5) is 23.4. The molecule has 0 saturated carbocycles. The predicted molar refractivity (Wildman–Crippen MR) is 98.0 cm³/mol. The number of hydrogen-bond acceptors (Lipinski definition) is 6. The number of aromatic carboxylic acids is 1. The zero-order valence-electron chi connectivity index (χ0n) is 14.5. The fourth-order valence-corrected chi connectivity index (χ4v) is 2.82. The first-order chi connectivity index (χ1) is 13.2. The zero-order chi connectivity index (χ0) is 20.8. The van der Waals surface area contributed by atoms with E-state index in [1.807, 2.05) is 0 Å². The Kier molecular flexibility index (Phi) is 7.49. The number of aromatic nitrogens is 1. The number of aliphatic hydroxyl groups is 1. The van der Waals surface area contributed by atoms with E-state index in [1.165, 1.54) is 0 Å². The van der Waals surface area contributed by atoms with Gasteiger partial charge < -0.3 is 20.3 Å². The summed E-state index contributed by atoms with van der Waals surface area (Å²) >= 11 is 6.12. The zero-order valence-corrected chi connectivity index (χ0v) is 16.0. The molecule has 0 bridgehead atoms. The first-order valence-corrected chi connectivity index (χ1v) is 9.03. The minimum Gasteiger partial charge on any atom is -0.477 e. The minimum atomic E-state index is -1.43. The van der Waals surface area contributed by atoms with Crippen molar-refractivity contribution >= 4 is 40.1 Å². The van der Waals surface area contributed by atoms with Crippen LogP contribution in [0.2, 0.25) is 5.02 Å². The number of carbonyl (C=O) groups is 2. The van der Waals surface area contributed by atoms with Gasteiger partial charge in [0.05, 0.1) is 5.02 Å². The van der Waals surface area contributed by atoms with Crippen molar-refractivity contribution in [2.45, 2.75) is 13.5 Å². The summed E-state index contributed by atoms with van der Waals surface area (Å²) in [6, 6.07) is 0.919. The normalized spacial score (nSPS) is 11.8. The van der Waals surface area contributed by atoms with Crippen LogP contribution in [0.25, 0.3) is 0 Å². The number of rotatable bonds is 8. The van der Waals surface area contributed by atoms with Crippen LogP contribution >= 0.6 is 23.1 Å². The van der Waals surface area contributed by atoms with Crippen LogP contribution < -0.4 is 15.4 Å². The number of ether oxygens (including phenoxy) is 1. The van der Waals surface area contributed by atoms with Gasteiger partial charge in [0.2, 0.25) is 5.88 Å². The molecule has 0 aliphatic heterocycles. The molecule has 12 heteroatoms. The number of hydrogen-bond donors (Lipinski definition) is 4. The van der Waals surface area contributed by atoms with Crippen molar-refractivity contribution in [2.75, 3.05) is 18.5 Å². The van der Waals surface area contributed by atoms with E-state index in [0.717, 1.165) is 12.1 Å². The van der Waals surface area contributed by atoms with Gasteiger partial charge in [0.15, 0.2) is 5.56 Å². The fraction of sp³-hybridized carbons (Fsp3) is 0.312. The number of carbonyl (C=O) groups excluding carboxylic acids is 1. The lowest BCUT2D eigenvalue weighted by molar-refractivity contribution is 0.0693. The van der Waals surface area contributed by atoms with Crippen molar-refractivity contribution in [1.82, 2.24) is 9.69 Å². The molecule has 152 valence electrons. The highest BCUT2D eigenvalue weighted by Crippen LogP contribution is 2.31. The van der Waals surface area contributed by atoms with Crippen LogP contribution in [0, 0.1) is 17.6 Å². The van der Waals surface area contributed by atoms with E-state index in [1.54, 1.807) is 6.92 Å². The molecule has 0 aliphatic rings. The minimum absolute atomic E-state index is 0.0978. The van der Waals surface area contributed by atoms with Gasteiger partial charge in [-0.25, -0.2) is 18.4 Å². The summed E-state index contributed by atoms with van der Waals surface area (Å²) in [6.07, 6.45) is 0. The number of halogens is 3. The van der Waals surface area contributed by atoms with Gasteiger partial charge in [-0.3, -0.25) is 5.32 Å². The molecule has 1 atom stereocenters. The first kappa shape index (κ1) is 21.8. The van der Waals surface area contributed by atoms with E-state index in [4.69, 9.17) is 21.4 Å². The van der Waals surface area contributed by atoms with Gasteiger partial charge in [-0.15, -0.1) is 0 Å². The Hall–Kier alpha value is -2.50. The molecule has 1 unspecified atom stereocenters. The second-order valence-electron chi connectivity index (χ2n) is 5.77. The highest BCUT2D eigenvalue weighted by molar-refractivity contribution is 7.11. The standard InChI is InChI=1S/C16H16ClF2N3O5S/c1-7(5-23)4-20-16(26)21-14-12(15(24)25)13(22-28-14)27-6-8-2-11(19)9(17)3-10(8)18/h2-3,7,23H,4-6H2,1H3,(H,24,25)(H2,20,21,26). The van der Waals surface area contributed by atoms with Crippen molar-refractivity contribution in [1.29, 1.82) is 0 Å². The van der Waals surface area contributed by atoms with Crippen LogP contribution in [0.15, 0.2) is 12.1 Å². The first-order valence-electron chi connectivity index (χ1n) is 7.87. The maximum absolute atomic E-state index is 13.8. The number of amides is 2. The summed E-state index contributed by atoms with van der Waals surface area (Å²) in [6.45, 7) is 1.26. The number of carboxylic acids is 1. The lowest BCUT2D eigenvalue weighted by atomic mass is 10.2. The highest BCUT2D eigenvalue weighted by atomic mass is 35.5. The average molecular weight is 436 g/mol. The van der Waals surface area contributed by atoms with Crippen LogP contribution in [0.4, 0.5) is 18.6 Å². The second-order valence-corrected chi connectivity index (χ2v) is 6.95. The molecule has 0 fully saturated rings. The third-order valence-corrected chi connectivity index (χ3v) is 4.51. The van der Waals surface area contributed by atoms with Gasteiger partial charge in [-0.05, 0) is 29.6 Å². The van der Waals surface area contributed by atoms with Crippen LogP contribution in [0.5, 0.6) is 5.88 Å². The van der Waals surface area contributed by atoms with Crippen molar-refractivity contribution < 1.29 is 33.3 Å². The summed E-state index contributed by atoms with van der Waals surface area (Å²) in [7, 11) is 0. The quantitative estimate of drug-likeness (QED) is 0.473. The van der Waals surface area contributed by atoms with E-state index in [2.05, 4.69) is 15.0 Å². The molecule has 0 radical (unpaired) electrons. The lowest BCUT2D eigenvalue weighted by Gasteiger charge is -2.10. The molecule has 0 spiro atoms. The van der Waals surface area contributed by atoms with Crippen molar-refractivity contribution in [3.63, 3.8) is 0 Å². The van der Waals surface area contributed by atoms with Crippen molar-refractivity contribution in [3.05, 3.63) is 39.9 Å². The van der Waals surface area contributed by atoms with Crippen LogP contribution in [-0.2, 0) is 6.61 Å². The number of nitrogens with one attached hydrogen (secondary N) is 2. The molecule has 2 aromatic rings. The number of carboxylic acid groups (broad SMARTS) is 1. The molecule has 0 aliphatic carbocycles. The smallest absolute Gasteiger partial charge is 0.344 e. The Labute approximate surface area is 167 Å². The predicted octanol–water partition coefficient (Wildman–Crippen LogP) is 3.10. The third kappa shape index (κ3) is 5.50. The van der Waals surface area contributed by atoms with E-state index in [9.17, 15) is 23.5 Å². The maximum Gasteiger partial charge on any atom is 0.344 e. The summed E-state index contributed by atoms with van der Waals surface area (Å²) < 4.78 is 36.3. The number of nitrogens with zero attached hydrogens (tertiary/aromatic N) is 1. The lowest BCUT2D eigenvalue weighted by Crippen LogP contribution is -2.33. The Bertz CT molecular complexity index is 880. The summed E-state index contributed by atoms with van der Waals surface area (Å²) in [5.74, 6) is -3.64. The highest BCUT2D eigenvalue weighted by Gasteiger charge is 2.24. The monoisotopic (exact) mass is 435 g/mol. The molecule has 8 nitrogen and oxygen atoms in total. The van der Waals surface area contributed by atoms with E-state index in [0.29, 0.717) is 11.5 Å². The molecule has 0 saturated heterocycles. The molecule has 1 aromatic carbocycles. The Balaban J connectivity index is 2.11.